The first-order chi connectivity index (χ1) is 14.2. The Kier molecular flexibility index (Phi) is 5.66. The molecular formula is C24H23N3O2. The van der Waals surface area contributed by atoms with Crippen molar-refractivity contribution >= 4 is 17.5 Å². The molecule has 0 saturated heterocycles. The normalized spacial score (nSPS) is 14.8. The fourth-order valence-corrected chi connectivity index (χ4v) is 3.74. The van der Waals surface area contributed by atoms with Crippen molar-refractivity contribution in [1.29, 1.82) is 0 Å². The average molecular weight is 385 g/mol. The summed E-state index contributed by atoms with van der Waals surface area (Å²) >= 11 is 0. The number of aryl methyl sites for hydroxylation is 1. The summed E-state index contributed by atoms with van der Waals surface area (Å²) in [6.07, 6.45) is 5.85. The number of aromatic nitrogens is 1. The Labute approximate surface area is 170 Å². The van der Waals surface area contributed by atoms with Crippen LogP contribution in [0.15, 0.2) is 73.1 Å². The molecular weight excluding hydrogens is 362 g/mol. The standard InChI is InChI=1S/C24H23N3O2/c28-23(27-20-12-14-25-15-13-20)19-7-5-17(6-8-19)11-16-26-24(29)22-10-9-18-3-1-2-4-21(18)22/h1-8,12-15,22H,9-11,16H2,(H,26,29)(H,25,27,28). The molecule has 146 valence electrons. The Bertz CT molecular complexity index is 1000. The van der Waals surface area contributed by atoms with E-state index >= 15 is 0 Å². The second-order valence-corrected chi connectivity index (χ2v) is 7.22. The number of benzene rings is 2. The van der Waals surface area contributed by atoms with Crippen LogP contribution in [0.1, 0.15) is 39.4 Å². The minimum atomic E-state index is -0.157. The molecule has 2 aromatic carbocycles. The number of nitrogens with one attached hydrogen (secondary N) is 2. The number of amides is 2. The van der Waals surface area contributed by atoms with E-state index in [0.717, 1.165) is 30.4 Å². The zero-order chi connectivity index (χ0) is 20.1. The number of carbonyl (C=O) groups excluding carboxylic acids is 2. The molecule has 2 N–H and O–H groups in total. The maximum Gasteiger partial charge on any atom is 0.255 e. The van der Waals surface area contributed by atoms with E-state index in [-0.39, 0.29) is 17.7 Å². The number of fused-ring (bicyclic) bond motifs is 1. The number of hydrogen-bond donors (Lipinski definition) is 2. The highest BCUT2D eigenvalue weighted by molar-refractivity contribution is 6.04. The van der Waals surface area contributed by atoms with Crippen molar-refractivity contribution in [2.75, 3.05) is 11.9 Å². The molecule has 0 bridgehead atoms. The highest BCUT2D eigenvalue weighted by atomic mass is 16.2. The van der Waals surface area contributed by atoms with Gasteiger partial charge in [-0.3, -0.25) is 14.6 Å². The van der Waals surface area contributed by atoms with Crippen molar-refractivity contribution in [1.82, 2.24) is 10.3 Å². The van der Waals surface area contributed by atoms with Crippen molar-refractivity contribution in [3.05, 3.63) is 95.3 Å². The van der Waals surface area contributed by atoms with Gasteiger partial charge in [-0.1, -0.05) is 36.4 Å². The largest absolute Gasteiger partial charge is 0.355 e. The molecule has 4 rings (SSSR count). The summed E-state index contributed by atoms with van der Waals surface area (Å²) in [4.78, 5) is 28.8. The minimum absolute atomic E-state index is 0.0366. The number of hydrogen-bond acceptors (Lipinski definition) is 3. The minimum Gasteiger partial charge on any atom is -0.355 e. The van der Waals surface area contributed by atoms with Crippen LogP contribution < -0.4 is 10.6 Å². The van der Waals surface area contributed by atoms with Crippen LogP contribution in [-0.4, -0.2) is 23.3 Å². The lowest BCUT2D eigenvalue weighted by atomic mass is 10.0. The molecule has 0 aliphatic heterocycles. The number of nitrogens with zero attached hydrogens (tertiary/aromatic N) is 1. The van der Waals surface area contributed by atoms with E-state index < -0.39 is 0 Å². The summed E-state index contributed by atoms with van der Waals surface area (Å²) in [5, 5.41) is 5.90. The second kappa shape index (κ2) is 8.69. The molecule has 29 heavy (non-hydrogen) atoms. The highest BCUT2D eigenvalue weighted by Crippen LogP contribution is 2.32. The molecule has 0 spiro atoms. The van der Waals surface area contributed by atoms with Gasteiger partial charge in [-0.25, -0.2) is 0 Å². The molecule has 1 aliphatic rings. The molecule has 1 aromatic heterocycles. The van der Waals surface area contributed by atoms with Crippen molar-refractivity contribution < 1.29 is 9.59 Å². The first-order valence-electron chi connectivity index (χ1n) is 9.86. The predicted octanol–water partition coefficient (Wildman–Crippen LogP) is 3.72. The first-order valence-corrected chi connectivity index (χ1v) is 9.86. The Morgan fingerprint density at radius 1 is 0.966 bits per heavy atom. The molecule has 3 aromatic rings. The molecule has 1 heterocycles. The third kappa shape index (κ3) is 4.51. The SMILES string of the molecule is O=C(Nc1ccncc1)c1ccc(CCNC(=O)C2CCc3ccccc32)cc1. The van der Waals surface area contributed by atoms with Gasteiger partial charge in [-0.15, -0.1) is 0 Å². The highest BCUT2D eigenvalue weighted by Gasteiger charge is 2.27. The molecule has 2 amide bonds. The van der Waals surface area contributed by atoms with Crippen LogP contribution in [0.4, 0.5) is 5.69 Å². The van der Waals surface area contributed by atoms with Crippen LogP contribution in [0.5, 0.6) is 0 Å². The number of rotatable bonds is 6. The second-order valence-electron chi connectivity index (χ2n) is 7.22. The van der Waals surface area contributed by atoms with Gasteiger partial charge in [0.25, 0.3) is 5.91 Å². The summed E-state index contributed by atoms with van der Waals surface area (Å²) in [6, 6.07) is 19.2. The number of anilines is 1. The fourth-order valence-electron chi connectivity index (χ4n) is 3.74. The summed E-state index contributed by atoms with van der Waals surface area (Å²) in [5.74, 6) is -0.0929. The van der Waals surface area contributed by atoms with E-state index in [1.54, 1.807) is 36.7 Å². The summed E-state index contributed by atoms with van der Waals surface area (Å²) in [7, 11) is 0. The molecule has 5 nitrogen and oxygen atoms in total. The monoisotopic (exact) mass is 385 g/mol. The van der Waals surface area contributed by atoms with Gasteiger partial charge in [0.05, 0.1) is 5.92 Å². The van der Waals surface area contributed by atoms with Crippen LogP contribution in [0, 0.1) is 0 Å². The van der Waals surface area contributed by atoms with Gasteiger partial charge in [0.2, 0.25) is 5.91 Å². The molecule has 0 saturated carbocycles. The molecule has 1 aliphatic carbocycles. The van der Waals surface area contributed by atoms with Gasteiger partial charge in [0, 0.05) is 30.2 Å². The predicted molar refractivity (Wildman–Crippen MR) is 113 cm³/mol. The topological polar surface area (TPSA) is 71.1 Å². The van der Waals surface area contributed by atoms with Gasteiger partial charge in [0.1, 0.15) is 0 Å². The Hall–Kier alpha value is -3.47. The van der Waals surface area contributed by atoms with E-state index in [2.05, 4.69) is 27.8 Å². The quantitative estimate of drug-likeness (QED) is 0.679. The molecule has 0 radical (unpaired) electrons. The van der Waals surface area contributed by atoms with E-state index in [4.69, 9.17) is 0 Å². The lowest BCUT2D eigenvalue weighted by Crippen LogP contribution is -2.30. The van der Waals surface area contributed by atoms with Gasteiger partial charge < -0.3 is 10.6 Å². The zero-order valence-corrected chi connectivity index (χ0v) is 16.1. The van der Waals surface area contributed by atoms with Gasteiger partial charge in [-0.05, 0) is 60.2 Å². The average Bonchev–Trinajstić information content (AvgIpc) is 3.19. The molecule has 1 unspecified atom stereocenters. The lowest BCUT2D eigenvalue weighted by Gasteiger charge is -2.12. The van der Waals surface area contributed by atoms with Gasteiger partial charge >= 0.3 is 0 Å². The Balaban J connectivity index is 1.27. The Morgan fingerprint density at radius 2 is 1.72 bits per heavy atom. The molecule has 0 fully saturated rings. The number of carbonyl (C=O) groups is 2. The lowest BCUT2D eigenvalue weighted by molar-refractivity contribution is -0.122. The van der Waals surface area contributed by atoms with Crippen molar-refractivity contribution in [2.24, 2.45) is 0 Å². The van der Waals surface area contributed by atoms with Crippen LogP contribution in [0.3, 0.4) is 0 Å². The van der Waals surface area contributed by atoms with E-state index in [0.29, 0.717) is 17.8 Å². The summed E-state index contributed by atoms with van der Waals surface area (Å²) in [6.45, 7) is 0.583. The van der Waals surface area contributed by atoms with Crippen LogP contribution in [-0.2, 0) is 17.6 Å². The fraction of sp³-hybridized carbons (Fsp3) is 0.208. The van der Waals surface area contributed by atoms with Crippen LogP contribution >= 0.6 is 0 Å². The van der Waals surface area contributed by atoms with Gasteiger partial charge in [-0.2, -0.15) is 0 Å². The third-order valence-corrected chi connectivity index (χ3v) is 5.32. The number of pyridine rings is 1. The van der Waals surface area contributed by atoms with Crippen molar-refractivity contribution in [3.63, 3.8) is 0 Å². The van der Waals surface area contributed by atoms with E-state index in [1.807, 2.05) is 24.3 Å². The third-order valence-electron chi connectivity index (χ3n) is 5.32. The van der Waals surface area contributed by atoms with Crippen LogP contribution in [0.2, 0.25) is 0 Å². The Morgan fingerprint density at radius 3 is 2.52 bits per heavy atom. The molecule has 5 heteroatoms. The maximum atomic E-state index is 12.5. The zero-order valence-electron chi connectivity index (χ0n) is 16.1. The summed E-state index contributed by atoms with van der Waals surface area (Å²) in [5.41, 5.74) is 4.84. The van der Waals surface area contributed by atoms with Crippen molar-refractivity contribution in [2.45, 2.75) is 25.2 Å². The van der Waals surface area contributed by atoms with E-state index in [1.165, 1.54) is 5.56 Å². The van der Waals surface area contributed by atoms with Gasteiger partial charge in [0.15, 0.2) is 0 Å². The maximum absolute atomic E-state index is 12.5. The first kappa shape index (κ1) is 18.9. The van der Waals surface area contributed by atoms with Crippen molar-refractivity contribution in [3.8, 4) is 0 Å². The molecule has 1 atom stereocenters. The summed E-state index contributed by atoms with van der Waals surface area (Å²) < 4.78 is 0. The van der Waals surface area contributed by atoms with E-state index in [9.17, 15) is 9.59 Å². The smallest absolute Gasteiger partial charge is 0.255 e. The van der Waals surface area contributed by atoms with Crippen LogP contribution in [0.25, 0.3) is 0 Å².